The van der Waals surface area contributed by atoms with Gasteiger partial charge in [-0.1, -0.05) is 32.6 Å². The van der Waals surface area contributed by atoms with Gasteiger partial charge in [-0.2, -0.15) is 0 Å². The molecule has 0 spiro atoms. The van der Waals surface area contributed by atoms with Crippen LogP contribution in [0.1, 0.15) is 51.9 Å². The quantitative estimate of drug-likeness (QED) is 0.454. The molecule has 0 amide bonds. The van der Waals surface area contributed by atoms with Crippen molar-refractivity contribution in [3.63, 3.8) is 0 Å². The van der Waals surface area contributed by atoms with Gasteiger partial charge in [0, 0.05) is 39.9 Å². The molecule has 0 aromatic rings. The van der Waals surface area contributed by atoms with Crippen LogP contribution in [0.25, 0.3) is 0 Å². The highest BCUT2D eigenvalue weighted by molar-refractivity contribution is 4.87. The van der Waals surface area contributed by atoms with E-state index in [1.54, 1.807) is 7.11 Å². The Kier molecular flexibility index (Phi) is 10.3. The van der Waals surface area contributed by atoms with Gasteiger partial charge in [-0.05, 0) is 31.2 Å². The van der Waals surface area contributed by atoms with Crippen LogP contribution in [0.2, 0.25) is 0 Å². The Bertz CT molecular complexity index is 241. The highest BCUT2D eigenvalue weighted by Crippen LogP contribution is 2.35. The van der Waals surface area contributed by atoms with E-state index in [1.165, 1.54) is 45.1 Å². The van der Waals surface area contributed by atoms with Crippen LogP contribution >= 0.6 is 0 Å². The molecular formula is C17H36N2O2. The summed E-state index contributed by atoms with van der Waals surface area (Å²) in [5.74, 6) is 0. The van der Waals surface area contributed by atoms with Crippen molar-refractivity contribution in [2.75, 3.05) is 53.0 Å². The number of aliphatic hydroxyl groups is 1. The van der Waals surface area contributed by atoms with Crippen LogP contribution in [0, 0.1) is 5.41 Å². The van der Waals surface area contributed by atoms with E-state index in [-0.39, 0.29) is 0 Å². The summed E-state index contributed by atoms with van der Waals surface area (Å²) in [5.41, 5.74) is 0.412. The number of nitrogens with zero attached hydrogens (tertiary/aromatic N) is 1. The van der Waals surface area contributed by atoms with Gasteiger partial charge in [0.25, 0.3) is 0 Å². The van der Waals surface area contributed by atoms with E-state index in [2.05, 4.69) is 17.1 Å². The Balaban J connectivity index is 2.56. The summed E-state index contributed by atoms with van der Waals surface area (Å²) in [7, 11) is 1.76. The minimum absolute atomic E-state index is 0.301. The third kappa shape index (κ3) is 7.59. The van der Waals surface area contributed by atoms with Crippen molar-refractivity contribution < 1.29 is 9.84 Å². The third-order valence-electron chi connectivity index (χ3n) is 4.79. The molecule has 1 rings (SSSR count). The fourth-order valence-electron chi connectivity index (χ4n) is 3.51. The van der Waals surface area contributed by atoms with Gasteiger partial charge in [0.05, 0.1) is 6.61 Å². The Morgan fingerprint density at radius 1 is 1.19 bits per heavy atom. The van der Waals surface area contributed by atoms with Crippen molar-refractivity contribution in [3.8, 4) is 0 Å². The Morgan fingerprint density at radius 3 is 2.48 bits per heavy atom. The Hall–Kier alpha value is -0.160. The van der Waals surface area contributed by atoms with Crippen LogP contribution in [0.5, 0.6) is 0 Å². The first-order chi connectivity index (χ1) is 10.3. The summed E-state index contributed by atoms with van der Waals surface area (Å²) >= 11 is 0. The molecule has 0 aromatic heterocycles. The van der Waals surface area contributed by atoms with E-state index in [4.69, 9.17) is 9.84 Å². The van der Waals surface area contributed by atoms with Crippen LogP contribution in [-0.4, -0.2) is 63.1 Å². The topological polar surface area (TPSA) is 44.7 Å². The highest BCUT2D eigenvalue weighted by Gasteiger charge is 2.32. The summed E-state index contributed by atoms with van der Waals surface area (Å²) < 4.78 is 5.14. The Morgan fingerprint density at radius 2 is 1.90 bits per heavy atom. The number of methoxy groups -OCH3 is 1. The fourth-order valence-corrected chi connectivity index (χ4v) is 3.51. The van der Waals surface area contributed by atoms with Gasteiger partial charge in [0.2, 0.25) is 0 Å². The van der Waals surface area contributed by atoms with Gasteiger partial charge in [0.15, 0.2) is 0 Å². The van der Waals surface area contributed by atoms with Crippen LogP contribution in [0.4, 0.5) is 0 Å². The number of ether oxygens (including phenoxy) is 1. The molecule has 2 N–H and O–H groups in total. The van der Waals surface area contributed by atoms with Crippen molar-refractivity contribution in [1.29, 1.82) is 0 Å². The molecule has 0 radical (unpaired) electrons. The van der Waals surface area contributed by atoms with Crippen molar-refractivity contribution in [2.45, 2.75) is 51.9 Å². The van der Waals surface area contributed by atoms with E-state index in [9.17, 15) is 0 Å². The first-order valence-corrected chi connectivity index (χ1v) is 8.79. The number of hydrogen-bond acceptors (Lipinski definition) is 4. The van der Waals surface area contributed by atoms with Gasteiger partial charge < -0.3 is 20.1 Å². The van der Waals surface area contributed by atoms with Crippen LogP contribution in [-0.2, 0) is 4.74 Å². The van der Waals surface area contributed by atoms with Gasteiger partial charge >= 0.3 is 0 Å². The largest absolute Gasteiger partial charge is 0.396 e. The Labute approximate surface area is 131 Å². The molecule has 1 aliphatic carbocycles. The van der Waals surface area contributed by atoms with Crippen molar-refractivity contribution in [1.82, 2.24) is 10.2 Å². The molecule has 1 aliphatic rings. The van der Waals surface area contributed by atoms with Gasteiger partial charge in [0.1, 0.15) is 0 Å². The maximum Gasteiger partial charge on any atom is 0.0587 e. The maximum absolute atomic E-state index is 9.07. The minimum Gasteiger partial charge on any atom is -0.396 e. The van der Waals surface area contributed by atoms with E-state index in [0.29, 0.717) is 12.0 Å². The lowest BCUT2D eigenvalue weighted by atomic mass is 9.79. The molecule has 126 valence electrons. The van der Waals surface area contributed by atoms with E-state index < -0.39 is 0 Å². The predicted molar refractivity (Wildman–Crippen MR) is 88.7 cm³/mol. The molecule has 0 bridgehead atoms. The monoisotopic (exact) mass is 300 g/mol. The van der Waals surface area contributed by atoms with Gasteiger partial charge in [-0.15, -0.1) is 0 Å². The molecule has 4 heteroatoms. The average molecular weight is 300 g/mol. The molecule has 4 nitrogen and oxygen atoms in total. The lowest BCUT2D eigenvalue weighted by molar-refractivity contribution is 0.119. The molecule has 1 fully saturated rings. The van der Waals surface area contributed by atoms with E-state index >= 15 is 0 Å². The SMILES string of the molecule is CCN(CCCO)CC1(CNCCOC)CCCCCC1. The molecule has 1 saturated carbocycles. The summed E-state index contributed by atoms with van der Waals surface area (Å²) in [6, 6.07) is 0. The van der Waals surface area contributed by atoms with Crippen molar-refractivity contribution in [2.24, 2.45) is 5.41 Å². The molecule has 0 aromatic carbocycles. The van der Waals surface area contributed by atoms with Crippen LogP contribution < -0.4 is 5.32 Å². The second kappa shape index (κ2) is 11.4. The third-order valence-corrected chi connectivity index (χ3v) is 4.79. The normalized spacial score (nSPS) is 18.9. The molecule has 21 heavy (non-hydrogen) atoms. The first-order valence-electron chi connectivity index (χ1n) is 8.79. The zero-order valence-corrected chi connectivity index (χ0v) is 14.2. The summed E-state index contributed by atoms with van der Waals surface area (Å²) in [5, 5.41) is 12.7. The van der Waals surface area contributed by atoms with Gasteiger partial charge in [-0.3, -0.25) is 0 Å². The molecule has 0 atom stereocenters. The first kappa shape index (κ1) is 18.9. The summed E-state index contributed by atoms with van der Waals surface area (Å²) in [4.78, 5) is 2.53. The maximum atomic E-state index is 9.07. The second-order valence-corrected chi connectivity index (χ2v) is 6.53. The smallest absolute Gasteiger partial charge is 0.0587 e. The highest BCUT2D eigenvalue weighted by atomic mass is 16.5. The number of rotatable bonds is 11. The summed E-state index contributed by atoms with van der Waals surface area (Å²) in [6.45, 7) is 8.65. The van der Waals surface area contributed by atoms with Crippen LogP contribution in [0.3, 0.4) is 0 Å². The van der Waals surface area contributed by atoms with E-state index in [0.717, 1.165) is 39.2 Å². The minimum atomic E-state index is 0.301. The number of aliphatic hydroxyl groups excluding tert-OH is 1. The van der Waals surface area contributed by atoms with Crippen LogP contribution in [0.15, 0.2) is 0 Å². The fraction of sp³-hybridized carbons (Fsp3) is 1.00. The lowest BCUT2D eigenvalue weighted by Gasteiger charge is -2.38. The standard InChI is InChI=1S/C17H36N2O2/c1-3-19(12-8-13-20)16-17(15-18-11-14-21-2)9-6-4-5-7-10-17/h18,20H,3-16H2,1-2H3. The molecular weight excluding hydrogens is 264 g/mol. The van der Waals surface area contributed by atoms with Crippen molar-refractivity contribution >= 4 is 0 Å². The predicted octanol–water partition coefficient (Wildman–Crippen LogP) is 2.27. The second-order valence-electron chi connectivity index (χ2n) is 6.53. The van der Waals surface area contributed by atoms with E-state index in [1.807, 2.05) is 0 Å². The zero-order valence-electron chi connectivity index (χ0n) is 14.2. The molecule has 0 unspecified atom stereocenters. The molecule has 0 aliphatic heterocycles. The zero-order chi connectivity index (χ0) is 15.4. The van der Waals surface area contributed by atoms with Gasteiger partial charge in [-0.25, -0.2) is 0 Å². The lowest BCUT2D eigenvalue weighted by Crippen LogP contribution is -2.45. The average Bonchev–Trinajstić information content (AvgIpc) is 2.74. The number of nitrogens with one attached hydrogen (secondary N) is 1. The molecule has 0 heterocycles. The summed E-state index contributed by atoms with van der Waals surface area (Å²) in [6.07, 6.45) is 9.07. The number of hydrogen-bond donors (Lipinski definition) is 2. The molecule has 0 saturated heterocycles. The van der Waals surface area contributed by atoms with Crippen molar-refractivity contribution in [3.05, 3.63) is 0 Å².